The number of para-hydroxylation sites is 4. The summed E-state index contributed by atoms with van der Waals surface area (Å²) in [6.45, 7) is 4.71. The van der Waals surface area contributed by atoms with E-state index >= 15 is 0 Å². The number of rotatable bonds is 16. The van der Waals surface area contributed by atoms with E-state index in [-0.39, 0.29) is 5.41 Å². The Hall–Kier alpha value is -17.9. The van der Waals surface area contributed by atoms with Crippen molar-refractivity contribution in [1.82, 2.24) is 0 Å². The van der Waals surface area contributed by atoms with Crippen LogP contribution >= 0.6 is 22.7 Å². The minimum absolute atomic E-state index is 0.106. The first-order valence-corrected chi connectivity index (χ1v) is 50.6. The van der Waals surface area contributed by atoms with E-state index in [0.29, 0.717) is 0 Å². The summed E-state index contributed by atoms with van der Waals surface area (Å²) in [5.41, 5.74) is 35.7. The van der Waals surface area contributed by atoms with Gasteiger partial charge >= 0.3 is 0 Å². The summed E-state index contributed by atoms with van der Waals surface area (Å²) < 4.78 is 25.2. The summed E-state index contributed by atoms with van der Waals surface area (Å²) in [5.74, 6) is 0. The maximum absolute atomic E-state index is 6.88. The molecule has 670 valence electrons. The summed E-state index contributed by atoms with van der Waals surface area (Å²) in [4.78, 5) is 7.44. The van der Waals surface area contributed by atoms with Crippen LogP contribution in [0.25, 0.3) is 227 Å². The lowest BCUT2D eigenvalue weighted by atomic mass is 9.82. The van der Waals surface area contributed by atoms with Crippen LogP contribution in [0.5, 0.6) is 0 Å². The maximum Gasteiger partial charge on any atom is 0.135 e. The van der Waals surface area contributed by atoms with Crippen molar-refractivity contribution in [2.75, 3.05) is 14.7 Å². The van der Waals surface area contributed by atoms with Gasteiger partial charge < -0.3 is 28.0 Å². The smallest absolute Gasteiger partial charge is 0.135 e. The first-order valence-electron chi connectivity index (χ1n) is 48.9. The SMILES string of the molecule is CC1(C)c2ccccc2-c2c(-c3ccc(N(c4ccccc4-c4ccc5oc6ccc(-c7ccc(N(c8ccccc8-c8ccc9oc%10ccc(-c%11ccc%12c(N(c%13ccc(-c%14ccc%15sc%16ccccc%16c%15c%14)cc%13)c%13ccccc%13-c%13ccc%14oc%15ccccc%15c%14c%13)cccc%12c%11)cc%10c9c8)c8cccc9sc%10ccccc%10c89)c8ccccc78)cc6c5c4)c4cccc5ccccc45)cc3)cccc21. The van der Waals surface area contributed by atoms with Crippen LogP contribution in [0.3, 0.4) is 0 Å². The molecule has 1 aliphatic carbocycles. The Morgan fingerprint density at radius 3 is 1.18 bits per heavy atom. The Bertz CT molecular complexity index is 10100. The molecule has 143 heavy (non-hydrogen) atoms. The molecule has 5 heterocycles. The fourth-order valence-electron chi connectivity index (χ4n) is 23.3. The Morgan fingerprint density at radius 1 is 0.182 bits per heavy atom. The van der Waals surface area contributed by atoms with Gasteiger partial charge in [-0.3, -0.25) is 0 Å². The van der Waals surface area contributed by atoms with Crippen LogP contribution in [-0.4, -0.2) is 0 Å². The van der Waals surface area contributed by atoms with Crippen molar-refractivity contribution in [3.63, 3.8) is 0 Å². The second-order valence-electron chi connectivity index (χ2n) is 38.4. The average molecular weight is 1860 g/mol. The quantitative estimate of drug-likeness (QED) is 0.0961. The number of nitrogens with zero attached hydrogens (tertiary/aromatic N) is 3. The summed E-state index contributed by atoms with van der Waals surface area (Å²) in [6, 6.07) is 177. The van der Waals surface area contributed by atoms with Gasteiger partial charge in [-0.2, -0.15) is 0 Å². The standard InChI is InChI=1S/C135H85N3O3S2/c1-135(2)114-39-14-7-36-106(114)133-101(38-23-40-115(133)135)84-53-64-94(65-54-84)136(118-44-21-26-83-25-3-4-28-96(83)118)116-41-15-9-30-98(116)91-59-72-128-112(80-91)110-78-89(57-70-126(110)141-128)95-67-68-121(103-33-6-5-32-102(95)103)138(122-46-24-50-132-134(122)107-37-13-20-49-130(107)143-132)120-43-17-10-31-99(120)92-60-73-127-111(81-92)109-76-87(56-69-125(109)140-127)85-55-66-100-88(75-85)27-22-45-119(100)137(93-62-51-82(52-63-93)86-61-74-131-113(77-86)105-35-12-19-48-129(105)142-131)117-42-16-8-29-97(117)90-58-71-124-108(79-90)104-34-11-18-47-123(104)139-124/h3-81H,1-2H3. The molecule has 0 fully saturated rings. The number of fused-ring (bicyclic) bond motifs is 21. The Morgan fingerprint density at radius 2 is 0.545 bits per heavy atom. The predicted molar refractivity (Wildman–Crippen MR) is 606 cm³/mol. The predicted octanol–water partition coefficient (Wildman–Crippen LogP) is 40.0. The topological polar surface area (TPSA) is 49.1 Å². The van der Waals surface area contributed by atoms with E-state index in [2.05, 4.69) is 502 Å². The van der Waals surface area contributed by atoms with Gasteiger partial charge in [-0.1, -0.05) is 323 Å². The minimum atomic E-state index is -0.106. The van der Waals surface area contributed by atoms with Gasteiger partial charge in [0.05, 0.1) is 39.8 Å². The zero-order chi connectivity index (χ0) is 94.2. The highest BCUT2D eigenvalue weighted by Crippen LogP contribution is 2.57. The Kier molecular flexibility index (Phi) is 18.7. The molecule has 0 radical (unpaired) electrons. The normalized spacial score (nSPS) is 12.5. The van der Waals surface area contributed by atoms with Crippen molar-refractivity contribution in [2.45, 2.75) is 19.3 Å². The van der Waals surface area contributed by atoms with Crippen molar-refractivity contribution in [3.8, 4) is 89.0 Å². The zero-order valence-corrected chi connectivity index (χ0v) is 79.6. The monoisotopic (exact) mass is 1860 g/mol. The number of hydrogen-bond acceptors (Lipinski definition) is 8. The fraction of sp³-hybridized carbons (Fsp3) is 0.0222. The van der Waals surface area contributed by atoms with Gasteiger partial charge in [-0.25, -0.2) is 0 Å². The van der Waals surface area contributed by atoms with E-state index in [4.69, 9.17) is 13.3 Å². The first kappa shape index (κ1) is 82.2. The molecule has 0 aliphatic heterocycles. The third kappa shape index (κ3) is 13.3. The molecular weight excluding hydrogens is 1780 g/mol. The van der Waals surface area contributed by atoms with Gasteiger partial charge in [-0.15, -0.1) is 22.7 Å². The van der Waals surface area contributed by atoms with E-state index in [9.17, 15) is 0 Å². The van der Waals surface area contributed by atoms with Crippen molar-refractivity contribution in [2.24, 2.45) is 0 Å². The molecule has 0 unspecified atom stereocenters. The van der Waals surface area contributed by atoms with E-state index < -0.39 is 0 Å². The maximum atomic E-state index is 6.88. The van der Waals surface area contributed by atoms with Crippen LogP contribution in [0.15, 0.2) is 492 Å². The Labute approximate surface area is 832 Å². The van der Waals surface area contributed by atoms with Crippen LogP contribution in [-0.2, 0) is 5.41 Å². The van der Waals surface area contributed by atoms with Crippen molar-refractivity contribution in [3.05, 3.63) is 490 Å². The van der Waals surface area contributed by atoms with Crippen molar-refractivity contribution >= 4 is 212 Å². The lowest BCUT2D eigenvalue weighted by Crippen LogP contribution is -2.14. The molecule has 0 atom stereocenters. The molecule has 29 rings (SSSR count). The summed E-state index contributed by atoms with van der Waals surface area (Å²) in [5, 5.41) is 18.2. The van der Waals surface area contributed by atoms with Crippen molar-refractivity contribution in [1.29, 1.82) is 0 Å². The van der Waals surface area contributed by atoms with Gasteiger partial charge in [0.2, 0.25) is 0 Å². The first-order chi connectivity index (χ1) is 70.6. The molecule has 0 bridgehead atoms. The number of furan rings is 3. The van der Waals surface area contributed by atoms with Crippen LogP contribution in [0.1, 0.15) is 25.0 Å². The highest BCUT2D eigenvalue weighted by Gasteiger charge is 2.37. The number of benzene rings is 23. The molecule has 28 aromatic rings. The molecule has 6 nitrogen and oxygen atoms in total. The third-order valence-corrected chi connectivity index (χ3v) is 32.4. The van der Waals surface area contributed by atoms with Gasteiger partial charge in [0.1, 0.15) is 33.5 Å². The number of anilines is 9. The summed E-state index contributed by atoms with van der Waals surface area (Å²) >= 11 is 3.69. The summed E-state index contributed by atoms with van der Waals surface area (Å²) in [6.07, 6.45) is 0. The molecule has 5 aromatic heterocycles. The molecule has 0 spiro atoms. The second kappa shape index (κ2) is 32.6. The molecular formula is C135H85N3O3S2. The molecule has 8 heteroatoms. The van der Waals surface area contributed by atoms with E-state index in [1.54, 1.807) is 0 Å². The average Bonchev–Trinajstić information content (AvgIpc) is 1.71. The lowest BCUT2D eigenvalue weighted by Gasteiger charge is -2.30. The number of thiophene rings is 2. The van der Waals surface area contributed by atoms with Crippen molar-refractivity contribution < 1.29 is 13.3 Å². The summed E-state index contributed by atoms with van der Waals surface area (Å²) in [7, 11) is 0. The minimum Gasteiger partial charge on any atom is -0.456 e. The van der Waals surface area contributed by atoms with Crippen LogP contribution in [0.4, 0.5) is 51.2 Å². The molecule has 0 N–H and O–H groups in total. The number of hydrogen-bond donors (Lipinski definition) is 0. The van der Waals surface area contributed by atoms with Gasteiger partial charge in [0, 0.05) is 122 Å². The molecule has 0 saturated carbocycles. The molecule has 1 aliphatic rings. The fourth-order valence-corrected chi connectivity index (χ4v) is 25.5. The van der Waals surface area contributed by atoms with Gasteiger partial charge in [0.25, 0.3) is 0 Å². The zero-order valence-electron chi connectivity index (χ0n) is 78.0. The van der Waals surface area contributed by atoms with Crippen LogP contribution < -0.4 is 14.7 Å². The molecule has 0 saturated heterocycles. The lowest BCUT2D eigenvalue weighted by molar-refractivity contribution is 0.660. The largest absolute Gasteiger partial charge is 0.456 e. The Balaban J connectivity index is 0.523. The van der Waals surface area contributed by atoms with Crippen LogP contribution in [0.2, 0.25) is 0 Å². The highest BCUT2D eigenvalue weighted by atomic mass is 32.1. The molecule has 0 amide bonds. The van der Waals surface area contributed by atoms with Gasteiger partial charge in [0.15, 0.2) is 0 Å². The highest BCUT2D eigenvalue weighted by molar-refractivity contribution is 7.26. The van der Waals surface area contributed by atoms with E-state index in [1.165, 1.54) is 90.1 Å². The third-order valence-electron chi connectivity index (χ3n) is 30.1. The van der Waals surface area contributed by atoms with E-state index in [1.807, 2.05) is 28.7 Å². The van der Waals surface area contributed by atoms with Gasteiger partial charge in [-0.05, 0) is 269 Å². The van der Waals surface area contributed by atoms with Crippen LogP contribution in [0, 0.1) is 0 Å². The van der Waals surface area contributed by atoms with E-state index in [0.717, 1.165) is 200 Å². The second-order valence-corrected chi connectivity index (χ2v) is 40.5. The molecule has 23 aromatic carbocycles.